The Labute approximate surface area is 88.2 Å². The van der Waals surface area contributed by atoms with Crippen molar-refractivity contribution in [3.05, 3.63) is 53.1 Å². The molecular weight excluding hydrogens is 188 g/mol. The van der Waals surface area contributed by atoms with E-state index < -0.39 is 0 Å². The second-order valence-electron chi connectivity index (χ2n) is 3.52. The van der Waals surface area contributed by atoms with Crippen molar-refractivity contribution in [3.8, 4) is 0 Å². The number of aryl methyl sites for hydroxylation is 2. The molecule has 0 aliphatic heterocycles. The first-order chi connectivity index (χ1) is 7.20. The lowest BCUT2D eigenvalue weighted by atomic mass is 10.0. The molecule has 0 atom stereocenters. The van der Waals surface area contributed by atoms with E-state index in [1.165, 1.54) is 0 Å². The molecule has 1 aromatic carbocycles. The Morgan fingerprint density at radius 2 is 2.00 bits per heavy atom. The van der Waals surface area contributed by atoms with Crippen molar-refractivity contribution in [2.75, 3.05) is 0 Å². The van der Waals surface area contributed by atoms with Crippen LogP contribution in [0, 0.1) is 13.8 Å². The molecule has 0 amide bonds. The molecule has 1 heterocycles. The molecular formula is C12H12N2O. The second kappa shape index (κ2) is 3.69. The second-order valence-corrected chi connectivity index (χ2v) is 3.52. The predicted molar refractivity (Wildman–Crippen MR) is 57.9 cm³/mol. The summed E-state index contributed by atoms with van der Waals surface area (Å²) in [6, 6.07) is 7.53. The molecule has 15 heavy (non-hydrogen) atoms. The lowest BCUT2D eigenvalue weighted by molar-refractivity contribution is 0.103. The number of carbonyl (C=O) groups excluding carboxylic acids is 1. The molecule has 0 aliphatic carbocycles. The van der Waals surface area contributed by atoms with Crippen LogP contribution in [0.25, 0.3) is 0 Å². The number of nitrogens with one attached hydrogen (secondary N) is 1. The molecule has 0 radical (unpaired) electrons. The topological polar surface area (TPSA) is 45.8 Å². The van der Waals surface area contributed by atoms with Crippen molar-refractivity contribution in [2.24, 2.45) is 0 Å². The van der Waals surface area contributed by atoms with Gasteiger partial charge in [0.25, 0.3) is 0 Å². The summed E-state index contributed by atoms with van der Waals surface area (Å²) in [6.45, 7) is 3.77. The van der Waals surface area contributed by atoms with Crippen LogP contribution in [0.2, 0.25) is 0 Å². The number of rotatable bonds is 2. The Morgan fingerprint density at radius 1 is 1.27 bits per heavy atom. The molecule has 76 valence electrons. The molecule has 2 aromatic rings. The van der Waals surface area contributed by atoms with E-state index in [0.29, 0.717) is 11.3 Å². The summed E-state index contributed by atoms with van der Waals surface area (Å²) < 4.78 is 0. The number of hydrogen-bond donors (Lipinski definition) is 1. The van der Waals surface area contributed by atoms with Crippen molar-refractivity contribution >= 4 is 5.78 Å². The number of imidazole rings is 1. The normalized spacial score (nSPS) is 10.3. The largest absolute Gasteiger partial charge is 0.348 e. The van der Waals surface area contributed by atoms with Crippen LogP contribution in [0.3, 0.4) is 0 Å². The predicted octanol–water partition coefficient (Wildman–Crippen LogP) is 2.26. The van der Waals surface area contributed by atoms with Gasteiger partial charge in [-0.1, -0.05) is 24.3 Å². The van der Waals surface area contributed by atoms with Gasteiger partial charge in [0.15, 0.2) is 0 Å². The molecule has 1 N–H and O–H groups in total. The van der Waals surface area contributed by atoms with E-state index in [1.54, 1.807) is 6.33 Å². The highest BCUT2D eigenvalue weighted by Crippen LogP contribution is 2.13. The zero-order valence-corrected chi connectivity index (χ0v) is 8.74. The standard InChI is InChI=1S/C12H12N2O/c1-8-5-3-4-6-10(8)12(15)11-9(2)13-7-14-11/h3-7H,1-2H3,(H,13,14). The van der Waals surface area contributed by atoms with Gasteiger partial charge in [-0.3, -0.25) is 4.79 Å². The number of carbonyl (C=O) groups is 1. The van der Waals surface area contributed by atoms with Crippen molar-refractivity contribution in [1.82, 2.24) is 9.97 Å². The van der Waals surface area contributed by atoms with Gasteiger partial charge in [0.05, 0.1) is 6.33 Å². The number of aromatic amines is 1. The Bertz CT molecular complexity index is 500. The van der Waals surface area contributed by atoms with Gasteiger partial charge in [-0.05, 0) is 19.4 Å². The summed E-state index contributed by atoms with van der Waals surface area (Å²) in [4.78, 5) is 19.0. The molecule has 0 aliphatic rings. The van der Waals surface area contributed by atoms with Crippen LogP contribution < -0.4 is 0 Å². The lowest BCUT2D eigenvalue weighted by Crippen LogP contribution is -2.05. The molecule has 0 spiro atoms. The fourth-order valence-corrected chi connectivity index (χ4v) is 1.54. The van der Waals surface area contributed by atoms with Gasteiger partial charge >= 0.3 is 0 Å². The fraction of sp³-hybridized carbons (Fsp3) is 0.167. The van der Waals surface area contributed by atoms with E-state index in [9.17, 15) is 4.79 Å². The summed E-state index contributed by atoms with van der Waals surface area (Å²) in [5.74, 6) is -0.0214. The first-order valence-electron chi connectivity index (χ1n) is 4.80. The number of hydrogen-bond acceptors (Lipinski definition) is 2. The summed E-state index contributed by atoms with van der Waals surface area (Å²) in [6.07, 6.45) is 1.54. The van der Waals surface area contributed by atoms with E-state index in [1.807, 2.05) is 38.1 Å². The molecule has 0 bridgehead atoms. The van der Waals surface area contributed by atoms with Crippen molar-refractivity contribution in [1.29, 1.82) is 0 Å². The maximum Gasteiger partial charge on any atom is 0.213 e. The minimum absolute atomic E-state index is 0.0214. The first kappa shape index (κ1) is 9.65. The van der Waals surface area contributed by atoms with E-state index in [-0.39, 0.29) is 5.78 Å². The number of benzene rings is 1. The van der Waals surface area contributed by atoms with Crippen LogP contribution >= 0.6 is 0 Å². The fourth-order valence-electron chi connectivity index (χ4n) is 1.54. The molecule has 3 nitrogen and oxygen atoms in total. The van der Waals surface area contributed by atoms with Gasteiger partial charge in [0.2, 0.25) is 5.78 Å². The molecule has 3 heteroatoms. The SMILES string of the molecule is Cc1ccccc1C(=O)c1nc[nH]c1C. The van der Waals surface area contributed by atoms with E-state index in [2.05, 4.69) is 9.97 Å². The van der Waals surface area contributed by atoms with E-state index >= 15 is 0 Å². The highest BCUT2D eigenvalue weighted by atomic mass is 16.1. The van der Waals surface area contributed by atoms with Gasteiger partial charge in [0.1, 0.15) is 5.69 Å². The van der Waals surface area contributed by atoms with Gasteiger partial charge in [-0.2, -0.15) is 0 Å². The quantitative estimate of drug-likeness (QED) is 0.756. The third kappa shape index (κ3) is 1.68. The molecule has 0 saturated heterocycles. The van der Waals surface area contributed by atoms with Gasteiger partial charge in [-0.15, -0.1) is 0 Å². The number of nitrogens with zero attached hydrogens (tertiary/aromatic N) is 1. The number of H-pyrrole nitrogens is 1. The van der Waals surface area contributed by atoms with Crippen LogP contribution in [-0.4, -0.2) is 15.8 Å². The van der Waals surface area contributed by atoms with Gasteiger partial charge < -0.3 is 4.98 Å². The Morgan fingerprint density at radius 3 is 2.60 bits per heavy atom. The van der Waals surface area contributed by atoms with Crippen LogP contribution in [-0.2, 0) is 0 Å². The van der Waals surface area contributed by atoms with Gasteiger partial charge in [0, 0.05) is 11.3 Å². The maximum absolute atomic E-state index is 12.1. The Hall–Kier alpha value is -1.90. The molecule has 0 fully saturated rings. The van der Waals surface area contributed by atoms with Crippen molar-refractivity contribution < 1.29 is 4.79 Å². The minimum Gasteiger partial charge on any atom is -0.348 e. The zero-order chi connectivity index (χ0) is 10.8. The first-order valence-corrected chi connectivity index (χ1v) is 4.80. The van der Waals surface area contributed by atoms with E-state index in [0.717, 1.165) is 11.3 Å². The minimum atomic E-state index is -0.0214. The van der Waals surface area contributed by atoms with Gasteiger partial charge in [-0.25, -0.2) is 4.98 Å². The van der Waals surface area contributed by atoms with Crippen molar-refractivity contribution in [2.45, 2.75) is 13.8 Å². The third-order valence-corrected chi connectivity index (χ3v) is 2.43. The Kier molecular flexibility index (Phi) is 2.37. The van der Waals surface area contributed by atoms with Crippen LogP contribution in [0.4, 0.5) is 0 Å². The lowest BCUT2D eigenvalue weighted by Gasteiger charge is -2.02. The molecule has 1 aromatic heterocycles. The smallest absolute Gasteiger partial charge is 0.213 e. The average molecular weight is 200 g/mol. The van der Waals surface area contributed by atoms with Crippen LogP contribution in [0.15, 0.2) is 30.6 Å². The molecule has 0 saturated carbocycles. The third-order valence-electron chi connectivity index (χ3n) is 2.43. The zero-order valence-electron chi connectivity index (χ0n) is 8.74. The molecule has 2 rings (SSSR count). The summed E-state index contributed by atoms with van der Waals surface area (Å²) in [5, 5.41) is 0. The summed E-state index contributed by atoms with van der Waals surface area (Å²) in [5.41, 5.74) is 3.00. The monoisotopic (exact) mass is 200 g/mol. The Balaban J connectivity index is 2.46. The highest BCUT2D eigenvalue weighted by Gasteiger charge is 2.15. The average Bonchev–Trinajstić information content (AvgIpc) is 2.64. The maximum atomic E-state index is 12.1. The summed E-state index contributed by atoms with van der Waals surface area (Å²) >= 11 is 0. The molecule has 0 unspecified atom stereocenters. The summed E-state index contributed by atoms with van der Waals surface area (Å²) in [7, 11) is 0. The number of aromatic nitrogens is 2. The van der Waals surface area contributed by atoms with Crippen LogP contribution in [0.5, 0.6) is 0 Å². The van der Waals surface area contributed by atoms with Crippen LogP contribution in [0.1, 0.15) is 27.3 Å². The van der Waals surface area contributed by atoms with E-state index in [4.69, 9.17) is 0 Å². The number of ketones is 1. The highest BCUT2D eigenvalue weighted by molar-refractivity contribution is 6.09. The van der Waals surface area contributed by atoms with Crippen molar-refractivity contribution in [3.63, 3.8) is 0 Å².